The van der Waals surface area contributed by atoms with E-state index < -0.39 is 0 Å². The molecule has 0 saturated carbocycles. The molecule has 2 aromatic heterocycles. The summed E-state index contributed by atoms with van der Waals surface area (Å²) in [4.78, 5) is 9.35. The zero-order chi connectivity index (χ0) is 20.3. The smallest absolute Gasteiger partial charge is 0.203 e. The predicted molar refractivity (Wildman–Crippen MR) is 125 cm³/mol. The van der Waals surface area contributed by atoms with Gasteiger partial charge in [-0.05, 0) is 5.56 Å². The number of nitrogens with zero attached hydrogens (tertiary/aromatic N) is 3. The van der Waals surface area contributed by atoms with E-state index in [0.29, 0.717) is 0 Å². The highest BCUT2D eigenvalue weighted by Crippen LogP contribution is 2.30. The van der Waals surface area contributed by atoms with E-state index >= 15 is 0 Å². The third kappa shape index (κ3) is 4.78. The Morgan fingerprint density at radius 1 is 0.862 bits per heavy atom. The van der Waals surface area contributed by atoms with E-state index in [9.17, 15) is 0 Å². The zero-order valence-electron chi connectivity index (χ0n) is 16.6. The molecular formula is C23H22N4S2. The van der Waals surface area contributed by atoms with Crippen molar-refractivity contribution in [3.05, 3.63) is 76.6 Å². The van der Waals surface area contributed by atoms with Gasteiger partial charge in [0.05, 0.1) is 17.6 Å². The van der Waals surface area contributed by atoms with Crippen LogP contribution in [0, 0.1) is 0 Å². The summed E-state index contributed by atoms with van der Waals surface area (Å²) in [5, 5.41) is 10.3. The van der Waals surface area contributed by atoms with Crippen molar-refractivity contribution in [1.29, 1.82) is 0 Å². The molecule has 4 aromatic rings. The summed E-state index contributed by atoms with van der Waals surface area (Å²) in [5.74, 6) is 0. The van der Waals surface area contributed by atoms with Crippen LogP contribution in [0.1, 0.15) is 32.0 Å². The topological polar surface area (TPSA) is 50.2 Å². The van der Waals surface area contributed by atoms with Gasteiger partial charge in [-0.3, -0.25) is 5.43 Å². The zero-order valence-corrected chi connectivity index (χ0v) is 18.2. The molecule has 29 heavy (non-hydrogen) atoms. The van der Waals surface area contributed by atoms with Gasteiger partial charge < -0.3 is 0 Å². The lowest BCUT2D eigenvalue weighted by Crippen LogP contribution is -2.11. The molecule has 0 aliphatic carbocycles. The second-order valence-corrected chi connectivity index (χ2v) is 9.40. The minimum Gasteiger partial charge on any atom is -0.253 e. The molecule has 0 spiro atoms. The quantitative estimate of drug-likeness (QED) is 0.291. The Morgan fingerprint density at radius 3 is 2.31 bits per heavy atom. The van der Waals surface area contributed by atoms with Gasteiger partial charge >= 0.3 is 0 Å². The first-order valence-electron chi connectivity index (χ1n) is 9.35. The Morgan fingerprint density at radius 2 is 1.62 bits per heavy atom. The second kappa shape index (κ2) is 8.27. The van der Waals surface area contributed by atoms with Gasteiger partial charge in [-0.25, -0.2) is 9.97 Å². The molecule has 0 unspecified atom stereocenters. The van der Waals surface area contributed by atoms with E-state index in [1.165, 1.54) is 0 Å². The number of nitrogens with one attached hydrogen (secondary N) is 1. The largest absolute Gasteiger partial charge is 0.253 e. The number of hydrogen-bond acceptors (Lipinski definition) is 6. The molecule has 0 aliphatic heterocycles. The number of hydrazone groups is 1. The molecule has 0 fully saturated rings. The van der Waals surface area contributed by atoms with Gasteiger partial charge in [-0.2, -0.15) is 5.10 Å². The van der Waals surface area contributed by atoms with Gasteiger partial charge in [0.1, 0.15) is 5.01 Å². The van der Waals surface area contributed by atoms with Crippen LogP contribution >= 0.6 is 22.7 Å². The van der Waals surface area contributed by atoms with Gasteiger partial charge in [0.25, 0.3) is 0 Å². The van der Waals surface area contributed by atoms with Crippen molar-refractivity contribution < 1.29 is 0 Å². The number of hydrogen-bond donors (Lipinski definition) is 1. The van der Waals surface area contributed by atoms with Crippen LogP contribution in [0.4, 0.5) is 5.13 Å². The molecule has 2 heterocycles. The van der Waals surface area contributed by atoms with Gasteiger partial charge in [0.2, 0.25) is 5.13 Å². The molecule has 0 amide bonds. The van der Waals surface area contributed by atoms with Crippen molar-refractivity contribution in [3.8, 4) is 21.8 Å². The number of benzene rings is 2. The summed E-state index contributed by atoms with van der Waals surface area (Å²) in [5.41, 5.74) is 8.43. The summed E-state index contributed by atoms with van der Waals surface area (Å²) < 4.78 is 0. The van der Waals surface area contributed by atoms with Crippen LogP contribution in [0.2, 0.25) is 0 Å². The summed E-state index contributed by atoms with van der Waals surface area (Å²) in [6.07, 6.45) is 1.80. The van der Waals surface area contributed by atoms with E-state index in [-0.39, 0.29) is 5.41 Å². The van der Waals surface area contributed by atoms with Crippen molar-refractivity contribution in [1.82, 2.24) is 9.97 Å². The van der Waals surface area contributed by atoms with E-state index in [1.54, 1.807) is 28.9 Å². The minimum absolute atomic E-state index is 0.0726. The van der Waals surface area contributed by atoms with Gasteiger partial charge in [-0.1, -0.05) is 75.4 Å². The number of anilines is 1. The first-order valence-corrected chi connectivity index (χ1v) is 11.1. The molecule has 2 aromatic carbocycles. The standard InChI is InChI=1S/C23H22N4S2/c1-23(2,3)20-15-28-21(26-20)18-11-9-16(10-12-18)13-24-27-22-25-19(14-29-22)17-7-5-4-6-8-17/h4-15H,1-3H3,(H,25,27). The van der Waals surface area contributed by atoms with Crippen LogP contribution in [-0.2, 0) is 5.41 Å². The Labute approximate surface area is 179 Å². The number of rotatable bonds is 5. The van der Waals surface area contributed by atoms with Crippen LogP contribution in [-0.4, -0.2) is 16.2 Å². The maximum Gasteiger partial charge on any atom is 0.203 e. The third-order valence-electron chi connectivity index (χ3n) is 4.38. The number of thiazole rings is 2. The average Bonchev–Trinajstić information content (AvgIpc) is 3.39. The fourth-order valence-electron chi connectivity index (χ4n) is 2.69. The summed E-state index contributed by atoms with van der Waals surface area (Å²) in [7, 11) is 0. The van der Waals surface area contributed by atoms with Crippen LogP contribution in [0.15, 0.2) is 70.5 Å². The molecule has 0 radical (unpaired) electrons. The molecule has 0 atom stereocenters. The Balaban J connectivity index is 1.40. The maximum atomic E-state index is 4.78. The molecule has 146 valence electrons. The molecule has 4 rings (SSSR count). The van der Waals surface area contributed by atoms with Crippen molar-refractivity contribution >= 4 is 34.0 Å². The summed E-state index contributed by atoms with van der Waals surface area (Å²) >= 11 is 3.23. The van der Waals surface area contributed by atoms with E-state index in [1.807, 2.05) is 23.6 Å². The maximum absolute atomic E-state index is 4.78. The first kappa shape index (κ1) is 19.5. The fourth-order valence-corrected chi connectivity index (χ4v) is 4.41. The van der Waals surface area contributed by atoms with E-state index in [0.717, 1.165) is 38.2 Å². The fraction of sp³-hybridized carbons (Fsp3) is 0.174. The molecule has 0 aliphatic rings. The second-order valence-electron chi connectivity index (χ2n) is 7.68. The van der Waals surface area contributed by atoms with Crippen molar-refractivity contribution in [2.75, 3.05) is 5.43 Å². The lowest BCUT2D eigenvalue weighted by molar-refractivity contribution is 0.573. The summed E-state index contributed by atoms with van der Waals surface area (Å²) in [6, 6.07) is 18.4. The highest BCUT2D eigenvalue weighted by molar-refractivity contribution is 7.14. The number of aromatic nitrogens is 2. The van der Waals surface area contributed by atoms with E-state index in [2.05, 4.69) is 78.1 Å². The van der Waals surface area contributed by atoms with E-state index in [4.69, 9.17) is 4.98 Å². The molecule has 1 N–H and O–H groups in total. The summed E-state index contributed by atoms with van der Waals surface area (Å²) in [6.45, 7) is 6.55. The Bertz CT molecular complexity index is 1100. The highest BCUT2D eigenvalue weighted by Gasteiger charge is 2.17. The Kier molecular flexibility index (Phi) is 5.56. The molecule has 4 nitrogen and oxygen atoms in total. The van der Waals surface area contributed by atoms with Gasteiger partial charge in [0.15, 0.2) is 0 Å². The molecular weight excluding hydrogens is 396 g/mol. The van der Waals surface area contributed by atoms with Crippen molar-refractivity contribution in [2.24, 2.45) is 5.10 Å². The lowest BCUT2D eigenvalue weighted by atomic mass is 9.93. The minimum atomic E-state index is 0.0726. The van der Waals surface area contributed by atoms with Crippen molar-refractivity contribution in [3.63, 3.8) is 0 Å². The predicted octanol–water partition coefficient (Wildman–Crippen LogP) is 6.68. The van der Waals surface area contributed by atoms with Crippen LogP contribution < -0.4 is 5.43 Å². The Hall–Kier alpha value is -2.83. The first-order chi connectivity index (χ1) is 14.0. The van der Waals surface area contributed by atoms with Gasteiger partial charge in [-0.15, -0.1) is 22.7 Å². The highest BCUT2D eigenvalue weighted by atomic mass is 32.1. The van der Waals surface area contributed by atoms with Crippen LogP contribution in [0.3, 0.4) is 0 Å². The SMILES string of the molecule is CC(C)(C)c1csc(-c2ccc(C=NNc3nc(-c4ccccc4)cs3)cc2)n1. The molecule has 0 saturated heterocycles. The molecule has 0 bridgehead atoms. The lowest BCUT2D eigenvalue weighted by Gasteiger charge is -2.14. The van der Waals surface area contributed by atoms with Gasteiger partial charge in [0, 0.05) is 27.3 Å². The average molecular weight is 419 g/mol. The van der Waals surface area contributed by atoms with Crippen molar-refractivity contribution in [2.45, 2.75) is 26.2 Å². The molecule has 6 heteroatoms. The third-order valence-corrected chi connectivity index (χ3v) is 6.02. The van der Waals surface area contributed by atoms with Crippen LogP contribution in [0.25, 0.3) is 21.8 Å². The monoisotopic (exact) mass is 418 g/mol. The van der Waals surface area contributed by atoms with Crippen LogP contribution in [0.5, 0.6) is 0 Å². The normalized spacial score (nSPS) is 11.8.